The van der Waals surface area contributed by atoms with Crippen LogP contribution in [0, 0.1) is 11.8 Å². The Balaban J connectivity index is 1.45. The van der Waals surface area contributed by atoms with E-state index in [-0.39, 0.29) is 23.6 Å². The first-order valence-electron chi connectivity index (χ1n) is 11.5. The van der Waals surface area contributed by atoms with Gasteiger partial charge in [0.15, 0.2) is 0 Å². The Morgan fingerprint density at radius 2 is 1.60 bits per heavy atom. The summed E-state index contributed by atoms with van der Waals surface area (Å²) in [6.07, 6.45) is 7.27. The van der Waals surface area contributed by atoms with Crippen LogP contribution >= 0.6 is 0 Å². The van der Waals surface area contributed by atoms with E-state index in [1.54, 1.807) is 24.3 Å². The Labute approximate surface area is 179 Å². The van der Waals surface area contributed by atoms with Crippen molar-refractivity contribution in [2.24, 2.45) is 11.8 Å². The third kappa shape index (κ3) is 6.07. The van der Waals surface area contributed by atoms with Crippen molar-refractivity contribution >= 4 is 23.4 Å². The van der Waals surface area contributed by atoms with Crippen LogP contribution in [0.2, 0.25) is 0 Å². The van der Waals surface area contributed by atoms with Crippen LogP contribution in [0.4, 0.5) is 5.69 Å². The predicted molar refractivity (Wildman–Crippen MR) is 118 cm³/mol. The van der Waals surface area contributed by atoms with E-state index in [0.29, 0.717) is 49.6 Å². The van der Waals surface area contributed by atoms with E-state index in [4.69, 9.17) is 0 Å². The zero-order chi connectivity index (χ0) is 21.5. The van der Waals surface area contributed by atoms with Crippen molar-refractivity contribution in [3.05, 3.63) is 29.8 Å². The van der Waals surface area contributed by atoms with Gasteiger partial charge in [0.25, 0.3) is 5.91 Å². The average Bonchev–Trinajstić information content (AvgIpc) is 2.75. The van der Waals surface area contributed by atoms with Crippen LogP contribution in [-0.4, -0.2) is 41.8 Å². The Kier molecular flexibility index (Phi) is 7.88. The highest BCUT2D eigenvalue weighted by atomic mass is 16.2. The number of piperidine rings is 1. The molecule has 1 aliphatic heterocycles. The first-order valence-corrected chi connectivity index (χ1v) is 11.5. The van der Waals surface area contributed by atoms with Gasteiger partial charge in [-0.15, -0.1) is 0 Å². The van der Waals surface area contributed by atoms with Crippen molar-refractivity contribution in [1.29, 1.82) is 0 Å². The molecule has 1 heterocycles. The second-order valence-corrected chi connectivity index (χ2v) is 8.91. The van der Waals surface area contributed by atoms with Crippen LogP contribution in [0.1, 0.15) is 75.6 Å². The molecule has 164 valence electrons. The van der Waals surface area contributed by atoms with Gasteiger partial charge in [0.05, 0.1) is 0 Å². The summed E-state index contributed by atoms with van der Waals surface area (Å²) < 4.78 is 0. The summed E-state index contributed by atoms with van der Waals surface area (Å²) in [5.74, 6) is 0.911. The smallest absolute Gasteiger partial charge is 0.253 e. The largest absolute Gasteiger partial charge is 0.353 e. The lowest BCUT2D eigenvalue weighted by atomic mass is 9.86. The summed E-state index contributed by atoms with van der Waals surface area (Å²) >= 11 is 0. The summed E-state index contributed by atoms with van der Waals surface area (Å²) in [5.41, 5.74) is 1.32. The highest BCUT2D eigenvalue weighted by molar-refractivity contribution is 5.96. The summed E-state index contributed by atoms with van der Waals surface area (Å²) in [7, 11) is 0. The van der Waals surface area contributed by atoms with Crippen LogP contribution in [0.5, 0.6) is 0 Å². The van der Waals surface area contributed by atoms with E-state index in [1.165, 1.54) is 12.8 Å². The molecule has 2 aliphatic rings. The molecule has 0 atom stereocenters. The van der Waals surface area contributed by atoms with Crippen LogP contribution in [0.15, 0.2) is 24.3 Å². The Morgan fingerprint density at radius 3 is 2.20 bits per heavy atom. The van der Waals surface area contributed by atoms with Crippen molar-refractivity contribution in [3.63, 3.8) is 0 Å². The number of carbonyl (C=O) groups excluding carboxylic acids is 3. The highest BCUT2D eigenvalue weighted by Gasteiger charge is 2.29. The van der Waals surface area contributed by atoms with Gasteiger partial charge in [-0.25, -0.2) is 0 Å². The second kappa shape index (κ2) is 10.6. The van der Waals surface area contributed by atoms with Crippen molar-refractivity contribution in [3.8, 4) is 0 Å². The zero-order valence-electron chi connectivity index (χ0n) is 18.3. The SMILES string of the molecule is CCCC(=O)Nc1ccc(C(=O)N2CCC(C(=O)NC3CCC(C)CC3)CC2)cc1. The molecule has 2 fully saturated rings. The molecule has 0 radical (unpaired) electrons. The predicted octanol–water partition coefficient (Wildman–Crippen LogP) is 3.97. The van der Waals surface area contributed by atoms with Gasteiger partial charge in [-0.05, 0) is 75.1 Å². The number of benzene rings is 1. The number of rotatable bonds is 6. The molecule has 1 saturated heterocycles. The summed E-state index contributed by atoms with van der Waals surface area (Å²) in [6.45, 7) is 5.45. The van der Waals surface area contributed by atoms with E-state index in [9.17, 15) is 14.4 Å². The molecule has 6 heteroatoms. The second-order valence-electron chi connectivity index (χ2n) is 8.91. The van der Waals surface area contributed by atoms with Gasteiger partial charge >= 0.3 is 0 Å². The minimum atomic E-state index is -0.0142. The third-order valence-electron chi connectivity index (χ3n) is 6.41. The molecular formula is C24H35N3O3. The maximum Gasteiger partial charge on any atom is 0.253 e. The monoisotopic (exact) mass is 413 g/mol. The molecule has 3 amide bonds. The minimum Gasteiger partial charge on any atom is -0.353 e. The van der Waals surface area contributed by atoms with Gasteiger partial charge in [0.2, 0.25) is 11.8 Å². The molecule has 0 bridgehead atoms. The number of amides is 3. The van der Waals surface area contributed by atoms with Crippen molar-refractivity contribution in [2.45, 2.75) is 71.3 Å². The molecule has 1 aliphatic carbocycles. The van der Waals surface area contributed by atoms with Gasteiger partial charge in [0.1, 0.15) is 0 Å². The average molecular weight is 414 g/mol. The van der Waals surface area contributed by atoms with Crippen LogP contribution in [0.3, 0.4) is 0 Å². The summed E-state index contributed by atoms with van der Waals surface area (Å²) in [5, 5.41) is 6.07. The van der Waals surface area contributed by atoms with Gasteiger partial charge in [0, 0.05) is 42.7 Å². The molecular weight excluding hydrogens is 378 g/mol. The summed E-state index contributed by atoms with van der Waals surface area (Å²) in [6, 6.07) is 7.38. The van der Waals surface area contributed by atoms with Crippen molar-refractivity contribution in [2.75, 3.05) is 18.4 Å². The number of hydrogen-bond donors (Lipinski definition) is 2. The van der Waals surface area contributed by atoms with E-state index in [0.717, 1.165) is 25.2 Å². The quantitative estimate of drug-likeness (QED) is 0.741. The number of hydrogen-bond acceptors (Lipinski definition) is 3. The van der Waals surface area contributed by atoms with Crippen molar-refractivity contribution < 1.29 is 14.4 Å². The number of nitrogens with zero attached hydrogens (tertiary/aromatic N) is 1. The highest BCUT2D eigenvalue weighted by Crippen LogP contribution is 2.25. The molecule has 0 aromatic heterocycles. The molecule has 1 aromatic rings. The molecule has 2 N–H and O–H groups in total. The topological polar surface area (TPSA) is 78.5 Å². The van der Waals surface area contributed by atoms with Gasteiger partial charge in [-0.1, -0.05) is 13.8 Å². The first-order chi connectivity index (χ1) is 14.5. The van der Waals surface area contributed by atoms with Crippen molar-refractivity contribution in [1.82, 2.24) is 10.2 Å². The normalized spacial score (nSPS) is 22.4. The molecule has 0 spiro atoms. The number of nitrogens with one attached hydrogen (secondary N) is 2. The fraction of sp³-hybridized carbons (Fsp3) is 0.625. The van der Waals surface area contributed by atoms with E-state index >= 15 is 0 Å². The van der Waals surface area contributed by atoms with E-state index < -0.39 is 0 Å². The van der Waals surface area contributed by atoms with Gasteiger partial charge in [-0.3, -0.25) is 14.4 Å². The standard InChI is InChI=1S/C24H35N3O3/c1-3-4-22(28)25-20-11-7-19(8-12-20)24(30)27-15-13-18(14-16-27)23(29)26-21-9-5-17(2)6-10-21/h7-8,11-12,17-18,21H,3-6,9-10,13-16H2,1-2H3,(H,25,28)(H,26,29). The Bertz CT molecular complexity index is 731. The fourth-order valence-corrected chi connectivity index (χ4v) is 4.40. The molecule has 6 nitrogen and oxygen atoms in total. The molecule has 1 saturated carbocycles. The molecule has 0 unspecified atom stereocenters. The maximum atomic E-state index is 12.8. The lowest BCUT2D eigenvalue weighted by molar-refractivity contribution is -0.127. The molecule has 3 rings (SSSR count). The lowest BCUT2D eigenvalue weighted by Crippen LogP contribution is -2.46. The molecule has 30 heavy (non-hydrogen) atoms. The first kappa shape index (κ1) is 22.3. The third-order valence-corrected chi connectivity index (χ3v) is 6.41. The number of carbonyl (C=O) groups is 3. The van der Waals surface area contributed by atoms with Gasteiger partial charge in [-0.2, -0.15) is 0 Å². The zero-order valence-corrected chi connectivity index (χ0v) is 18.3. The van der Waals surface area contributed by atoms with Crippen LogP contribution < -0.4 is 10.6 Å². The van der Waals surface area contributed by atoms with E-state index in [1.807, 2.05) is 11.8 Å². The Hall–Kier alpha value is -2.37. The Morgan fingerprint density at radius 1 is 0.967 bits per heavy atom. The maximum absolute atomic E-state index is 12.8. The van der Waals surface area contributed by atoms with Crippen LogP contribution in [0.25, 0.3) is 0 Å². The number of anilines is 1. The number of likely N-dealkylation sites (tertiary alicyclic amines) is 1. The van der Waals surface area contributed by atoms with Gasteiger partial charge < -0.3 is 15.5 Å². The summed E-state index contributed by atoms with van der Waals surface area (Å²) in [4.78, 5) is 38.9. The minimum absolute atomic E-state index is 0.00422. The molecule has 1 aromatic carbocycles. The van der Waals surface area contributed by atoms with E-state index in [2.05, 4.69) is 17.6 Å². The lowest BCUT2D eigenvalue weighted by Gasteiger charge is -2.33. The van der Waals surface area contributed by atoms with Crippen LogP contribution in [-0.2, 0) is 9.59 Å². The fourth-order valence-electron chi connectivity index (χ4n) is 4.40.